The van der Waals surface area contributed by atoms with Crippen molar-refractivity contribution in [2.24, 2.45) is 23.7 Å². The summed E-state index contributed by atoms with van der Waals surface area (Å²) < 4.78 is 31.4. The summed E-state index contributed by atoms with van der Waals surface area (Å²) in [5.74, 6) is -2.83. The third kappa shape index (κ3) is 6.65. The fraction of sp³-hybridized carbons (Fsp3) is 0.667. The molecule has 5 rings (SSSR count). The second-order valence-corrected chi connectivity index (χ2v) is 13.8. The maximum atomic E-state index is 14.0. The van der Waals surface area contributed by atoms with Crippen molar-refractivity contribution in [1.29, 1.82) is 0 Å². The van der Waals surface area contributed by atoms with Crippen LogP contribution < -0.4 is 0 Å². The lowest BCUT2D eigenvalue weighted by Gasteiger charge is -2.48. The Bertz CT molecular complexity index is 1290. The highest BCUT2D eigenvalue weighted by Crippen LogP contribution is 2.47. The van der Waals surface area contributed by atoms with Gasteiger partial charge in [-0.3, -0.25) is 9.59 Å². The Hall–Kier alpha value is -2.56. The maximum absolute atomic E-state index is 14.0. The van der Waals surface area contributed by atoms with Crippen molar-refractivity contribution < 1.29 is 43.5 Å². The first-order valence-electron chi connectivity index (χ1n) is 16.5. The molecule has 2 fully saturated rings. The van der Waals surface area contributed by atoms with Gasteiger partial charge in [-0.25, -0.2) is 0 Å². The summed E-state index contributed by atoms with van der Waals surface area (Å²) in [4.78, 5) is 26.1. The van der Waals surface area contributed by atoms with E-state index in [0.29, 0.717) is 36.3 Å². The lowest BCUT2D eigenvalue weighted by Crippen LogP contribution is -2.58. The Morgan fingerprint density at radius 2 is 1.89 bits per heavy atom. The highest BCUT2D eigenvalue weighted by Gasteiger charge is 2.60. The Morgan fingerprint density at radius 3 is 2.60 bits per heavy atom. The van der Waals surface area contributed by atoms with Crippen molar-refractivity contribution in [2.45, 2.75) is 122 Å². The molecule has 2 saturated heterocycles. The number of aliphatic hydroxyl groups excluding tert-OH is 1. The topological polar surface area (TPSA) is 121 Å². The van der Waals surface area contributed by atoms with Gasteiger partial charge in [-0.2, -0.15) is 0 Å². The zero-order chi connectivity index (χ0) is 32.7. The number of fused-ring (bicyclic) bond motifs is 2. The third-order valence-electron chi connectivity index (χ3n) is 10.3. The monoisotopic (exact) mass is 626 g/mol. The summed E-state index contributed by atoms with van der Waals surface area (Å²) in [5, 5.41) is 23.1. The summed E-state index contributed by atoms with van der Waals surface area (Å²) in [6, 6.07) is 0. The van der Waals surface area contributed by atoms with E-state index in [-0.39, 0.29) is 36.6 Å². The largest absolute Gasteiger partial charge is 0.462 e. The van der Waals surface area contributed by atoms with Crippen molar-refractivity contribution in [3.63, 3.8) is 0 Å². The van der Waals surface area contributed by atoms with Crippen LogP contribution in [0, 0.1) is 23.7 Å². The second-order valence-electron chi connectivity index (χ2n) is 13.8. The molecule has 248 valence electrons. The van der Waals surface area contributed by atoms with Gasteiger partial charge in [0.05, 0.1) is 18.8 Å². The molecule has 1 spiro atoms. The van der Waals surface area contributed by atoms with Crippen LogP contribution in [0.5, 0.6) is 0 Å². The normalized spacial score (nSPS) is 45.7. The van der Waals surface area contributed by atoms with Gasteiger partial charge in [0.1, 0.15) is 35.9 Å². The molecule has 12 atom stereocenters. The first-order chi connectivity index (χ1) is 21.3. The van der Waals surface area contributed by atoms with Gasteiger partial charge in [0, 0.05) is 31.6 Å². The highest BCUT2D eigenvalue weighted by molar-refractivity contribution is 5.78. The van der Waals surface area contributed by atoms with Gasteiger partial charge in [0.25, 0.3) is 0 Å². The van der Waals surface area contributed by atoms with E-state index in [4.69, 9.17) is 23.7 Å². The van der Waals surface area contributed by atoms with Crippen LogP contribution in [0.15, 0.2) is 59.3 Å². The van der Waals surface area contributed by atoms with Crippen LogP contribution in [-0.2, 0) is 33.3 Å². The molecule has 4 heterocycles. The van der Waals surface area contributed by atoms with Gasteiger partial charge in [-0.15, -0.1) is 0 Å². The van der Waals surface area contributed by atoms with Gasteiger partial charge in [0.2, 0.25) is 0 Å². The molecule has 5 aliphatic rings. The first-order valence-corrected chi connectivity index (χ1v) is 16.5. The molecule has 45 heavy (non-hydrogen) atoms. The highest BCUT2D eigenvalue weighted by atomic mass is 16.7. The predicted molar refractivity (Wildman–Crippen MR) is 168 cm³/mol. The third-order valence-corrected chi connectivity index (χ3v) is 10.3. The number of esters is 2. The number of hydrogen-bond donors (Lipinski definition) is 2. The predicted octanol–water partition coefficient (Wildman–Crippen LogP) is 4.88. The van der Waals surface area contributed by atoms with Crippen molar-refractivity contribution in [2.75, 3.05) is 6.61 Å². The molecular weight excluding hydrogens is 576 g/mol. The quantitative estimate of drug-likeness (QED) is 0.334. The molecule has 0 aromatic carbocycles. The van der Waals surface area contributed by atoms with E-state index >= 15 is 0 Å². The minimum atomic E-state index is -1.80. The van der Waals surface area contributed by atoms with E-state index in [1.807, 2.05) is 32.1 Å². The van der Waals surface area contributed by atoms with Crippen LogP contribution in [0.25, 0.3) is 0 Å². The summed E-state index contributed by atoms with van der Waals surface area (Å²) in [5.41, 5.74) is 0.0896. The SMILES string of the molecule is CC[C@H](C)[C@H]1O[C@]2(C=C[C@@H]1C)C[C@@H]1C[C@@H](C/C=C(\C)[C@@H](OC(C)=O)[C@@H](C)/C=C/C=C3\CO[C@@H]4[C@H](O)C(C)=C[C@@H](C(=O)O1)[C@]34O)O2. The summed E-state index contributed by atoms with van der Waals surface area (Å²) in [7, 11) is 0. The number of aliphatic hydroxyl groups is 2. The molecule has 2 N–H and O–H groups in total. The number of ether oxygens (including phenoxy) is 5. The lowest BCUT2D eigenvalue weighted by atomic mass is 9.71. The molecule has 0 aromatic heterocycles. The fourth-order valence-corrected chi connectivity index (χ4v) is 7.52. The van der Waals surface area contributed by atoms with Gasteiger partial charge in [0.15, 0.2) is 5.79 Å². The minimum Gasteiger partial charge on any atom is -0.462 e. The molecule has 9 nitrogen and oxygen atoms in total. The number of rotatable bonds is 3. The summed E-state index contributed by atoms with van der Waals surface area (Å²) in [6.07, 6.45) is 11.7. The van der Waals surface area contributed by atoms with E-state index in [2.05, 4.69) is 26.8 Å². The molecule has 0 saturated carbocycles. The number of hydrogen-bond acceptors (Lipinski definition) is 9. The molecule has 2 bridgehead atoms. The van der Waals surface area contributed by atoms with Gasteiger partial charge in [-0.05, 0) is 49.0 Å². The van der Waals surface area contributed by atoms with Crippen molar-refractivity contribution in [3.8, 4) is 0 Å². The van der Waals surface area contributed by atoms with Gasteiger partial charge in [-0.1, -0.05) is 70.6 Å². The summed E-state index contributed by atoms with van der Waals surface area (Å²) >= 11 is 0. The standard InChI is InChI=1S/C36H50O9/c1-8-20(2)32-23(5)14-15-35(45-32)18-28-17-27(44-35)13-12-22(4)31(42-25(7)37)21(3)10-9-11-26-19-41-33-30(38)24(6)16-29(34(39)43-28)36(26,33)40/h9-12,14-16,20-21,23,27-33,38,40H,8,13,17-19H2,1-7H3/b10-9+,22-12+,26-11+/t20-,21-,23-,27+,28-,29-,30+,31-,32+,33+,35+,36+/m0/s1. The van der Waals surface area contributed by atoms with Crippen molar-refractivity contribution >= 4 is 11.9 Å². The van der Waals surface area contributed by atoms with E-state index in [1.54, 1.807) is 25.2 Å². The van der Waals surface area contributed by atoms with E-state index in [0.717, 1.165) is 12.0 Å². The van der Waals surface area contributed by atoms with E-state index in [1.165, 1.54) is 6.92 Å². The van der Waals surface area contributed by atoms with Gasteiger partial charge >= 0.3 is 11.9 Å². The Morgan fingerprint density at radius 1 is 1.13 bits per heavy atom. The Labute approximate surface area is 267 Å². The zero-order valence-electron chi connectivity index (χ0n) is 27.6. The zero-order valence-corrected chi connectivity index (χ0v) is 27.6. The second kappa shape index (κ2) is 13.3. The molecule has 1 aliphatic carbocycles. The molecule has 0 radical (unpaired) electrons. The van der Waals surface area contributed by atoms with Crippen LogP contribution in [0.4, 0.5) is 0 Å². The molecule has 0 amide bonds. The average molecular weight is 627 g/mol. The lowest BCUT2D eigenvalue weighted by molar-refractivity contribution is -0.300. The molecule has 0 unspecified atom stereocenters. The molecular formula is C36H50O9. The van der Waals surface area contributed by atoms with Crippen LogP contribution in [-0.4, -0.2) is 76.8 Å². The number of carbonyl (C=O) groups excluding carboxylic acids is 2. The first kappa shape index (κ1) is 33.8. The van der Waals surface area contributed by atoms with Crippen LogP contribution in [0.1, 0.15) is 74.1 Å². The smallest absolute Gasteiger partial charge is 0.316 e. The Balaban J connectivity index is 1.57. The van der Waals surface area contributed by atoms with Gasteiger partial charge < -0.3 is 33.9 Å². The van der Waals surface area contributed by atoms with Crippen LogP contribution in [0.3, 0.4) is 0 Å². The fourth-order valence-electron chi connectivity index (χ4n) is 7.52. The molecule has 4 aliphatic heterocycles. The van der Waals surface area contributed by atoms with E-state index in [9.17, 15) is 19.8 Å². The van der Waals surface area contributed by atoms with Crippen molar-refractivity contribution in [3.05, 3.63) is 59.3 Å². The molecule has 9 heteroatoms. The van der Waals surface area contributed by atoms with Crippen molar-refractivity contribution in [1.82, 2.24) is 0 Å². The number of allylic oxidation sites excluding steroid dienone is 2. The molecule has 0 aromatic rings. The van der Waals surface area contributed by atoms with Crippen LogP contribution in [0.2, 0.25) is 0 Å². The van der Waals surface area contributed by atoms with Crippen LogP contribution >= 0.6 is 0 Å². The summed E-state index contributed by atoms with van der Waals surface area (Å²) in [6.45, 7) is 13.5. The maximum Gasteiger partial charge on any atom is 0.316 e. The number of carbonyl (C=O) groups is 2. The Kier molecular flexibility index (Phi) is 9.97. The van der Waals surface area contributed by atoms with E-state index < -0.39 is 47.7 Å². The average Bonchev–Trinajstić information content (AvgIpc) is 3.33. The minimum absolute atomic E-state index is 0.0461.